The van der Waals surface area contributed by atoms with Gasteiger partial charge < -0.3 is 9.13 Å². The van der Waals surface area contributed by atoms with Crippen LogP contribution in [0.25, 0.3) is 50.2 Å². The number of hydrogen-bond donors (Lipinski definition) is 0. The maximum Gasteiger partial charge on any atom is 0.0541 e. The van der Waals surface area contributed by atoms with Gasteiger partial charge in [-0.15, -0.1) is 0 Å². The van der Waals surface area contributed by atoms with Gasteiger partial charge in [0.15, 0.2) is 0 Å². The maximum absolute atomic E-state index is 2.52. The first kappa shape index (κ1) is 26.6. The Labute approximate surface area is 265 Å². The molecular weight excluding hydrogens is 544 g/mol. The highest BCUT2D eigenvalue weighted by atomic mass is 15.0. The zero-order chi connectivity index (χ0) is 30.0. The minimum atomic E-state index is 0.0460. The second-order valence-corrected chi connectivity index (χ2v) is 13.3. The molecule has 1 atom stereocenters. The number of rotatable bonds is 4. The van der Waals surface area contributed by atoms with E-state index in [1.165, 1.54) is 98.6 Å². The normalized spacial score (nSPS) is 17.7. The molecule has 9 rings (SSSR count). The molecule has 1 unspecified atom stereocenters. The van der Waals surface area contributed by atoms with E-state index >= 15 is 0 Å². The summed E-state index contributed by atoms with van der Waals surface area (Å²) in [7, 11) is 0. The SMILES string of the molecule is CC1CC=Cc2c1n(-c1ccc(C3(c4ccc(-n5c6ccccc6c6ccccc65)cc4)CCCCC3)cc1)c1ccccc21. The van der Waals surface area contributed by atoms with E-state index < -0.39 is 0 Å². The molecule has 0 radical (unpaired) electrons. The number of hydrogen-bond acceptors (Lipinski definition) is 0. The molecule has 0 aliphatic heterocycles. The lowest BCUT2D eigenvalue weighted by Crippen LogP contribution is -2.30. The minimum absolute atomic E-state index is 0.0460. The molecule has 7 aromatic rings. The van der Waals surface area contributed by atoms with Gasteiger partial charge in [0.25, 0.3) is 0 Å². The summed E-state index contributed by atoms with van der Waals surface area (Å²) in [6, 6.07) is 45.7. The summed E-state index contributed by atoms with van der Waals surface area (Å²) in [6.07, 6.45) is 12.0. The molecule has 0 N–H and O–H groups in total. The van der Waals surface area contributed by atoms with Gasteiger partial charge in [0, 0.05) is 50.1 Å². The zero-order valence-corrected chi connectivity index (χ0v) is 25.9. The third-order valence-electron chi connectivity index (χ3n) is 10.8. The van der Waals surface area contributed by atoms with Crippen molar-refractivity contribution in [1.82, 2.24) is 9.13 Å². The topological polar surface area (TPSA) is 9.86 Å². The average Bonchev–Trinajstić information content (AvgIpc) is 3.63. The van der Waals surface area contributed by atoms with Gasteiger partial charge in [0.1, 0.15) is 0 Å². The van der Waals surface area contributed by atoms with Crippen LogP contribution in [0.4, 0.5) is 0 Å². The molecular formula is C43H38N2. The van der Waals surface area contributed by atoms with Crippen LogP contribution in [0.2, 0.25) is 0 Å². The van der Waals surface area contributed by atoms with Crippen molar-refractivity contribution in [2.24, 2.45) is 0 Å². The summed E-state index contributed by atoms with van der Waals surface area (Å²) in [5.41, 5.74) is 12.1. The quantitative estimate of drug-likeness (QED) is 0.195. The zero-order valence-electron chi connectivity index (χ0n) is 25.9. The molecule has 2 nitrogen and oxygen atoms in total. The number of allylic oxidation sites excluding steroid dienone is 1. The van der Waals surface area contributed by atoms with Crippen molar-refractivity contribution in [3.63, 3.8) is 0 Å². The molecule has 220 valence electrons. The molecule has 0 bridgehead atoms. The van der Waals surface area contributed by atoms with E-state index in [2.05, 4.69) is 150 Å². The molecule has 5 aromatic carbocycles. The van der Waals surface area contributed by atoms with E-state index in [1.54, 1.807) is 0 Å². The Bertz CT molecular complexity index is 2160. The lowest BCUT2D eigenvalue weighted by Gasteiger charge is -2.39. The first-order chi connectivity index (χ1) is 22.2. The van der Waals surface area contributed by atoms with Crippen molar-refractivity contribution in [2.45, 2.75) is 56.8 Å². The Hall–Kier alpha value is -4.82. The fourth-order valence-corrected chi connectivity index (χ4v) is 8.68. The van der Waals surface area contributed by atoms with Crippen LogP contribution in [-0.2, 0) is 5.41 Å². The summed E-state index contributed by atoms with van der Waals surface area (Å²) in [6.45, 7) is 2.37. The van der Waals surface area contributed by atoms with Gasteiger partial charge in [-0.3, -0.25) is 0 Å². The molecule has 1 saturated carbocycles. The molecule has 0 amide bonds. The van der Waals surface area contributed by atoms with Crippen LogP contribution >= 0.6 is 0 Å². The fourth-order valence-electron chi connectivity index (χ4n) is 8.68. The average molecular weight is 583 g/mol. The summed E-state index contributed by atoms with van der Waals surface area (Å²) in [5, 5.41) is 3.97. The van der Waals surface area contributed by atoms with E-state index in [-0.39, 0.29) is 5.41 Å². The molecule has 0 saturated heterocycles. The summed E-state index contributed by atoms with van der Waals surface area (Å²) < 4.78 is 4.95. The Morgan fingerprint density at radius 2 is 1.02 bits per heavy atom. The van der Waals surface area contributed by atoms with Crippen molar-refractivity contribution in [3.05, 3.63) is 150 Å². The molecule has 2 heterocycles. The largest absolute Gasteiger partial charge is 0.313 e. The first-order valence-corrected chi connectivity index (χ1v) is 16.7. The van der Waals surface area contributed by atoms with Gasteiger partial charge >= 0.3 is 0 Å². The van der Waals surface area contributed by atoms with Crippen LogP contribution in [0.1, 0.15) is 73.8 Å². The van der Waals surface area contributed by atoms with Gasteiger partial charge in [0.05, 0.1) is 16.6 Å². The lowest BCUT2D eigenvalue weighted by molar-refractivity contribution is 0.346. The third-order valence-corrected chi connectivity index (χ3v) is 10.8. The lowest BCUT2D eigenvalue weighted by atomic mass is 9.65. The summed E-state index contributed by atoms with van der Waals surface area (Å²) in [5.74, 6) is 0.495. The van der Waals surface area contributed by atoms with Crippen LogP contribution in [0, 0.1) is 0 Å². The van der Waals surface area contributed by atoms with Crippen LogP contribution in [0.5, 0.6) is 0 Å². The van der Waals surface area contributed by atoms with Crippen LogP contribution in [0.3, 0.4) is 0 Å². The first-order valence-electron chi connectivity index (χ1n) is 16.7. The van der Waals surface area contributed by atoms with Gasteiger partial charge in [-0.25, -0.2) is 0 Å². The Morgan fingerprint density at radius 3 is 1.60 bits per heavy atom. The van der Waals surface area contributed by atoms with Gasteiger partial charge in [-0.2, -0.15) is 0 Å². The molecule has 2 aliphatic rings. The Morgan fingerprint density at radius 1 is 0.533 bits per heavy atom. The second-order valence-electron chi connectivity index (χ2n) is 13.3. The molecule has 2 aliphatic carbocycles. The number of para-hydroxylation sites is 3. The van der Waals surface area contributed by atoms with Gasteiger partial charge in [-0.1, -0.05) is 117 Å². The van der Waals surface area contributed by atoms with Crippen molar-refractivity contribution in [2.75, 3.05) is 0 Å². The van der Waals surface area contributed by atoms with Crippen LogP contribution < -0.4 is 0 Å². The van der Waals surface area contributed by atoms with Crippen LogP contribution in [-0.4, -0.2) is 9.13 Å². The Kier molecular flexibility index (Phi) is 6.13. The molecule has 2 aromatic heterocycles. The van der Waals surface area contributed by atoms with Crippen molar-refractivity contribution >= 4 is 38.8 Å². The summed E-state index contributed by atoms with van der Waals surface area (Å²) in [4.78, 5) is 0. The van der Waals surface area contributed by atoms with Gasteiger partial charge in [0.2, 0.25) is 0 Å². The van der Waals surface area contributed by atoms with E-state index in [4.69, 9.17) is 0 Å². The van der Waals surface area contributed by atoms with Crippen LogP contribution in [0.15, 0.2) is 127 Å². The van der Waals surface area contributed by atoms with E-state index in [1.807, 2.05) is 0 Å². The minimum Gasteiger partial charge on any atom is -0.313 e. The predicted molar refractivity (Wildman–Crippen MR) is 190 cm³/mol. The van der Waals surface area contributed by atoms with Gasteiger partial charge in [-0.05, 0) is 72.9 Å². The maximum atomic E-state index is 2.52. The van der Waals surface area contributed by atoms with Crippen molar-refractivity contribution in [3.8, 4) is 11.4 Å². The van der Waals surface area contributed by atoms with E-state index in [0.717, 1.165) is 6.42 Å². The third kappa shape index (κ3) is 4.01. The standard InChI is InChI=1S/C43H38N2/c1-30-12-11-16-38-37-15-5-8-19-41(37)45(42(30)38)34-26-22-32(23-27-34)43(28-9-2-10-29-43)31-20-24-33(25-21-31)44-39-17-6-3-13-35(39)36-14-4-7-18-40(36)44/h3-8,11,13-27,30H,2,9-10,12,28-29H2,1H3. The number of nitrogens with zero attached hydrogens (tertiary/aromatic N) is 2. The van der Waals surface area contributed by atoms with Crippen molar-refractivity contribution < 1.29 is 0 Å². The van der Waals surface area contributed by atoms with E-state index in [9.17, 15) is 0 Å². The highest BCUT2D eigenvalue weighted by molar-refractivity contribution is 6.09. The molecule has 1 fully saturated rings. The number of aromatic nitrogens is 2. The Balaban J connectivity index is 1.13. The smallest absolute Gasteiger partial charge is 0.0541 e. The predicted octanol–water partition coefficient (Wildman–Crippen LogP) is 11.5. The highest BCUT2D eigenvalue weighted by Gasteiger charge is 2.36. The fraction of sp³-hybridized carbons (Fsp3) is 0.209. The summed E-state index contributed by atoms with van der Waals surface area (Å²) >= 11 is 0. The van der Waals surface area contributed by atoms with Crippen molar-refractivity contribution in [1.29, 1.82) is 0 Å². The molecule has 45 heavy (non-hydrogen) atoms. The monoisotopic (exact) mass is 582 g/mol. The number of benzene rings is 5. The highest BCUT2D eigenvalue weighted by Crippen LogP contribution is 2.46. The second kappa shape index (κ2) is 10.4. The molecule has 2 heteroatoms. The number of fused-ring (bicyclic) bond motifs is 6. The van der Waals surface area contributed by atoms with E-state index in [0.29, 0.717) is 5.92 Å². The molecule has 0 spiro atoms.